The third kappa shape index (κ3) is 1.44. The van der Waals surface area contributed by atoms with E-state index in [0.29, 0.717) is 0 Å². The summed E-state index contributed by atoms with van der Waals surface area (Å²) in [5, 5.41) is 48.7. The lowest BCUT2D eigenvalue weighted by atomic mass is 10.3. The molecule has 0 bridgehead atoms. The molecule has 14 heteroatoms. The SMILES string of the molecule is O=[N+]([O-])c1no[n+]([O-])c1-c1c([N+](=O)[O-])no[n+]1[O-]. The Hall–Kier alpha value is -3.32. The lowest BCUT2D eigenvalue weighted by molar-refractivity contribution is -0.817. The topological polar surface area (TPSA) is 192 Å². The molecule has 94 valence electrons. The normalized spacial score (nSPS) is 10.4. The first-order chi connectivity index (χ1) is 8.43. The molecule has 0 saturated carbocycles. The van der Waals surface area contributed by atoms with Crippen molar-refractivity contribution in [3.63, 3.8) is 0 Å². The van der Waals surface area contributed by atoms with Crippen LogP contribution in [0.15, 0.2) is 9.26 Å². The van der Waals surface area contributed by atoms with Gasteiger partial charge in [0.15, 0.2) is 0 Å². The zero-order chi connectivity index (χ0) is 13.4. The predicted octanol–water partition coefficient (Wildman–Crippen LogP) is -1.59. The Morgan fingerprint density at radius 1 is 0.889 bits per heavy atom. The van der Waals surface area contributed by atoms with Gasteiger partial charge in [-0.05, 0) is 19.7 Å². The van der Waals surface area contributed by atoms with Crippen molar-refractivity contribution in [2.24, 2.45) is 0 Å². The van der Waals surface area contributed by atoms with Crippen LogP contribution in [-0.2, 0) is 0 Å². The fraction of sp³-hybridized carbons (Fsp3) is 0. The van der Waals surface area contributed by atoms with Crippen LogP contribution in [0.2, 0.25) is 0 Å². The maximum atomic E-state index is 11.1. The Kier molecular flexibility index (Phi) is 2.24. The number of rotatable bonds is 3. The minimum Gasteiger partial charge on any atom is -0.359 e. The summed E-state index contributed by atoms with van der Waals surface area (Å²) < 4.78 is 7.79. The van der Waals surface area contributed by atoms with Crippen molar-refractivity contribution in [3.05, 3.63) is 30.6 Å². The number of aromatic nitrogens is 4. The first-order valence-corrected chi connectivity index (χ1v) is 3.92. The molecule has 2 heterocycles. The highest BCUT2D eigenvalue weighted by molar-refractivity contribution is 5.63. The van der Waals surface area contributed by atoms with E-state index >= 15 is 0 Å². The average Bonchev–Trinajstić information content (AvgIpc) is 2.81. The van der Waals surface area contributed by atoms with Crippen LogP contribution < -0.4 is 9.81 Å². The van der Waals surface area contributed by atoms with E-state index in [1.54, 1.807) is 0 Å². The third-order valence-electron chi connectivity index (χ3n) is 1.76. The second-order valence-electron chi connectivity index (χ2n) is 2.72. The molecule has 0 aliphatic heterocycles. The van der Waals surface area contributed by atoms with Gasteiger partial charge in [-0.3, -0.25) is 9.26 Å². The number of nitro groups is 2. The van der Waals surface area contributed by atoms with Crippen LogP contribution in [0, 0.1) is 30.6 Å². The van der Waals surface area contributed by atoms with Gasteiger partial charge in [-0.15, -0.1) is 0 Å². The molecule has 0 spiro atoms. The van der Waals surface area contributed by atoms with E-state index in [4.69, 9.17) is 0 Å². The molecule has 0 aromatic carbocycles. The summed E-state index contributed by atoms with van der Waals surface area (Å²) >= 11 is 0. The third-order valence-corrected chi connectivity index (χ3v) is 1.76. The van der Waals surface area contributed by atoms with Gasteiger partial charge in [-0.1, -0.05) is 0 Å². The van der Waals surface area contributed by atoms with E-state index in [9.17, 15) is 30.6 Å². The highest BCUT2D eigenvalue weighted by Gasteiger charge is 2.40. The van der Waals surface area contributed by atoms with E-state index in [0.717, 1.165) is 0 Å². The summed E-state index contributed by atoms with van der Waals surface area (Å²) in [6.45, 7) is 0. The van der Waals surface area contributed by atoms with Crippen molar-refractivity contribution >= 4 is 11.6 Å². The monoisotopic (exact) mass is 260 g/mol. The lowest BCUT2D eigenvalue weighted by Crippen LogP contribution is -2.33. The van der Waals surface area contributed by atoms with E-state index in [1.807, 2.05) is 0 Å². The second kappa shape index (κ2) is 3.61. The van der Waals surface area contributed by atoms with Gasteiger partial charge in [0.2, 0.25) is 0 Å². The minimum atomic E-state index is -1.18. The molecule has 2 aromatic heterocycles. The molecule has 14 nitrogen and oxygen atoms in total. The van der Waals surface area contributed by atoms with E-state index in [-0.39, 0.29) is 0 Å². The summed E-state index contributed by atoms with van der Waals surface area (Å²) in [6.07, 6.45) is 0. The van der Waals surface area contributed by atoms with Crippen molar-refractivity contribution in [2.45, 2.75) is 0 Å². The van der Waals surface area contributed by atoms with E-state index in [1.165, 1.54) is 0 Å². The summed E-state index contributed by atoms with van der Waals surface area (Å²) in [5.74, 6) is -2.36. The quantitative estimate of drug-likeness (QED) is 0.352. The molecule has 0 unspecified atom stereocenters. The molecule has 0 N–H and O–H groups in total. The van der Waals surface area contributed by atoms with Crippen LogP contribution in [0.4, 0.5) is 11.6 Å². The molecule has 2 aromatic rings. The first-order valence-electron chi connectivity index (χ1n) is 3.92. The maximum absolute atomic E-state index is 11.1. The average molecular weight is 260 g/mol. The number of hydrogen-bond acceptors (Lipinski definition) is 10. The summed E-state index contributed by atoms with van der Waals surface area (Å²) in [6, 6.07) is 0. The Bertz CT molecular complexity index is 586. The zero-order valence-electron chi connectivity index (χ0n) is 7.95. The fourth-order valence-electron chi connectivity index (χ4n) is 1.11. The Morgan fingerprint density at radius 2 is 1.22 bits per heavy atom. The Labute approximate surface area is 94.0 Å². The van der Waals surface area contributed by atoms with Gasteiger partial charge in [0.05, 0.1) is 10.3 Å². The van der Waals surface area contributed by atoms with Crippen molar-refractivity contribution in [3.8, 4) is 11.4 Å². The van der Waals surface area contributed by atoms with Gasteiger partial charge in [-0.2, -0.15) is 0 Å². The van der Waals surface area contributed by atoms with Crippen molar-refractivity contribution in [1.82, 2.24) is 10.3 Å². The highest BCUT2D eigenvalue weighted by atomic mass is 16.8. The van der Waals surface area contributed by atoms with Crippen LogP contribution >= 0.6 is 0 Å². The molecule has 18 heavy (non-hydrogen) atoms. The largest absolute Gasteiger partial charge is 0.445 e. The Morgan fingerprint density at radius 3 is 1.50 bits per heavy atom. The summed E-state index contributed by atoms with van der Waals surface area (Å²) in [4.78, 5) is 17.6. The second-order valence-corrected chi connectivity index (χ2v) is 2.72. The van der Waals surface area contributed by atoms with Crippen molar-refractivity contribution < 1.29 is 28.9 Å². The van der Waals surface area contributed by atoms with Gasteiger partial charge in [-0.25, -0.2) is 0 Å². The van der Waals surface area contributed by atoms with Crippen molar-refractivity contribution in [1.29, 1.82) is 0 Å². The number of hydrogen-bond donors (Lipinski definition) is 0. The summed E-state index contributed by atoms with van der Waals surface area (Å²) in [5.41, 5.74) is -2.16. The van der Waals surface area contributed by atoms with Gasteiger partial charge in [0, 0.05) is 0 Å². The molecular weight excluding hydrogens is 260 g/mol. The smallest absolute Gasteiger partial charge is 0.359 e. The van der Waals surface area contributed by atoms with Crippen LogP contribution in [0.3, 0.4) is 0 Å². The van der Waals surface area contributed by atoms with Gasteiger partial charge >= 0.3 is 23.0 Å². The number of nitrogens with zero attached hydrogens (tertiary/aromatic N) is 6. The molecular formula is C4N6O8. The molecule has 0 radical (unpaired) electrons. The van der Waals surface area contributed by atoms with Crippen molar-refractivity contribution in [2.75, 3.05) is 0 Å². The van der Waals surface area contributed by atoms with Gasteiger partial charge in [0.25, 0.3) is 0 Å². The van der Waals surface area contributed by atoms with Gasteiger partial charge in [0.1, 0.15) is 0 Å². The maximum Gasteiger partial charge on any atom is 0.445 e. The zero-order valence-corrected chi connectivity index (χ0v) is 7.95. The molecule has 2 rings (SSSR count). The van der Waals surface area contributed by atoms with Crippen LogP contribution in [0.1, 0.15) is 0 Å². The van der Waals surface area contributed by atoms with Crippen LogP contribution in [0.5, 0.6) is 0 Å². The van der Waals surface area contributed by atoms with E-state index in [2.05, 4.69) is 19.6 Å². The van der Waals surface area contributed by atoms with Gasteiger partial charge < -0.3 is 30.6 Å². The molecule has 0 aliphatic carbocycles. The molecule has 0 fully saturated rings. The standard InChI is InChI=1S/C4N6O8/c11-7(12)3-1(9(15)17-5-3)2-4(8(13)14)6-18-10(2)16. The molecule has 0 atom stereocenters. The lowest BCUT2D eigenvalue weighted by Gasteiger charge is -1.94. The van der Waals surface area contributed by atoms with E-state index < -0.39 is 42.7 Å². The predicted molar refractivity (Wildman–Crippen MR) is 43.2 cm³/mol. The summed E-state index contributed by atoms with van der Waals surface area (Å²) in [7, 11) is 0. The fourth-order valence-corrected chi connectivity index (χ4v) is 1.11. The van der Waals surface area contributed by atoms with Crippen LogP contribution in [0.25, 0.3) is 11.4 Å². The first kappa shape index (κ1) is 11.2. The minimum absolute atomic E-state index is 0.536. The molecule has 0 amide bonds. The molecule has 0 aliphatic rings. The van der Waals surface area contributed by atoms with Crippen LogP contribution in [-0.4, -0.2) is 20.2 Å². The Balaban J connectivity index is 2.76. The molecule has 0 saturated heterocycles. The highest BCUT2D eigenvalue weighted by Crippen LogP contribution is 2.27.